The molecular weight excluding hydrogens is 300 g/mol. The van der Waals surface area contributed by atoms with Gasteiger partial charge in [-0.3, -0.25) is 9.80 Å². The first kappa shape index (κ1) is 17.8. The van der Waals surface area contributed by atoms with Gasteiger partial charge in [0, 0.05) is 32.2 Å². The van der Waals surface area contributed by atoms with Gasteiger partial charge in [0.05, 0.1) is 11.6 Å². The van der Waals surface area contributed by atoms with Crippen molar-refractivity contribution in [2.45, 2.75) is 83.8 Å². The van der Waals surface area contributed by atoms with Crippen molar-refractivity contribution in [1.82, 2.24) is 30.0 Å². The molecular formula is C18H34N6. The molecule has 6 heteroatoms. The molecule has 1 aromatic heterocycles. The maximum Gasteiger partial charge on any atom is 0.168 e. The summed E-state index contributed by atoms with van der Waals surface area (Å²) in [6.45, 7) is 13.4. The van der Waals surface area contributed by atoms with Crippen molar-refractivity contribution in [3.05, 3.63) is 5.82 Å². The Morgan fingerprint density at radius 2 is 1.71 bits per heavy atom. The van der Waals surface area contributed by atoms with E-state index in [0.717, 1.165) is 31.4 Å². The van der Waals surface area contributed by atoms with Crippen LogP contribution in [0, 0.1) is 0 Å². The molecule has 1 saturated heterocycles. The van der Waals surface area contributed by atoms with Crippen LogP contribution in [0.2, 0.25) is 0 Å². The Bertz CT molecular complexity index is 506. The summed E-state index contributed by atoms with van der Waals surface area (Å²) in [5, 5.41) is 12.6. The number of piperazine rings is 1. The zero-order valence-corrected chi connectivity index (χ0v) is 15.9. The summed E-state index contributed by atoms with van der Waals surface area (Å²) in [5.41, 5.74) is -0.0732. The van der Waals surface area contributed by atoms with Crippen LogP contribution in [0.4, 0.5) is 0 Å². The third-order valence-corrected chi connectivity index (χ3v) is 5.69. The normalized spacial score (nSPS) is 23.5. The second kappa shape index (κ2) is 7.48. The minimum atomic E-state index is -0.0732. The molecule has 0 bridgehead atoms. The summed E-state index contributed by atoms with van der Waals surface area (Å²) in [7, 11) is 0. The first-order chi connectivity index (χ1) is 11.5. The minimum Gasteiger partial charge on any atom is -0.298 e. The zero-order chi connectivity index (χ0) is 17.2. The predicted octanol–water partition coefficient (Wildman–Crippen LogP) is 2.83. The highest BCUT2D eigenvalue weighted by atomic mass is 15.6. The highest BCUT2D eigenvalue weighted by molar-refractivity contribution is 4.98. The van der Waals surface area contributed by atoms with E-state index in [1.165, 1.54) is 45.2 Å². The Labute approximate surface area is 146 Å². The van der Waals surface area contributed by atoms with E-state index < -0.39 is 0 Å². The molecule has 1 aliphatic carbocycles. The van der Waals surface area contributed by atoms with Gasteiger partial charge in [0.1, 0.15) is 0 Å². The fourth-order valence-electron chi connectivity index (χ4n) is 4.34. The van der Waals surface area contributed by atoms with Gasteiger partial charge in [0.15, 0.2) is 5.82 Å². The lowest BCUT2D eigenvalue weighted by molar-refractivity contribution is 0.0502. The van der Waals surface area contributed by atoms with Crippen molar-refractivity contribution in [3.8, 4) is 0 Å². The van der Waals surface area contributed by atoms with Crippen molar-refractivity contribution in [1.29, 1.82) is 0 Å². The van der Waals surface area contributed by atoms with Crippen LogP contribution in [0.1, 0.15) is 78.1 Å². The first-order valence-corrected chi connectivity index (χ1v) is 9.77. The van der Waals surface area contributed by atoms with Crippen molar-refractivity contribution >= 4 is 0 Å². The highest BCUT2D eigenvalue weighted by Crippen LogP contribution is 2.29. The van der Waals surface area contributed by atoms with Crippen LogP contribution < -0.4 is 0 Å². The molecule has 6 nitrogen and oxygen atoms in total. The van der Waals surface area contributed by atoms with Gasteiger partial charge in [-0.05, 0) is 50.5 Å². The molecule has 1 atom stereocenters. The number of nitrogens with zero attached hydrogens (tertiary/aromatic N) is 6. The topological polar surface area (TPSA) is 50.1 Å². The van der Waals surface area contributed by atoms with Gasteiger partial charge >= 0.3 is 0 Å². The lowest BCUT2D eigenvalue weighted by Crippen LogP contribution is -2.52. The summed E-state index contributed by atoms with van der Waals surface area (Å²) >= 11 is 0. The number of aromatic nitrogens is 4. The van der Waals surface area contributed by atoms with Crippen LogP contribution in [0.3, 0.4) is 0 Å². The van der Waals surface area contributed by atoms with Crippen LogP contribution in [0.5, 0.6) is 0 Å². The summed E-state index contributed by atoms with van der Waals surface area (Å²) in [6, 6.07) is 1.16. The van der Waals surface area contributed by atoms with Gasteiger partial charge in [0.2, 0.25) is 0 Å². The van der Waals surface area contributed by atoms with Gasteiger partial charge < -0.3 is 0 Å². The van der Waals surface area contributed by atoms with E-state index in [4.69, 9.17) is 0 Å². The van der Waals surface area contributed by atoms with Crippen LogP contribution in [-0.4, -0.2) is 62.2 Å². The van der Waals surface area contributed by atoms with Gasteiger partial charge in [-0.15, -0.1) is 5.10 Å². The van der Waals surface area contributed by atoms with Crippen molar-refractivity contribution < 1.29 is 0 Å². The molecule has 0 spiro atoms. The monoisotopic (exact) mass is 334 g/mol. The molecule has 1 aliphatic heterocycles. The number of hydrogen-bond acceptors (Lipinski definition) is 5. The first-order valence-electron chi connectivity index (χ1n) is 9.77. The smallest absolute Gasteiger partial charge is 0.168 e. The van der Waals surface area contributed by atoms with E-state index >= 15 is 0 Å². The molecule has 0 aromatic carbocycles. The minimum absolute atomic E-state index is 0.0732. The van der Waals surface area contributed by atoms with Gasteiger partial charge in [0.25, 0.3) is 0 Å². The molecule has 1 aromatic rings. The predicted molar refractivity (Wildman–Crippen MR) is 95.9 cm³/mol. The van der Waals surface area contributed by atoms with E-state index in [1.807, 2.05) is 4.68 Å². The average molecular weight is 335 g/mol. The Morgan fingerprint density at radius 3 is 2.29 bits per heavy atom. The summed E-state index contributed by atoms with van der Waals surface area (Å²) in [4.78, 5) is 5.32. The van der Waals surface area contributed by atoms with Crippen LogP contribution in [0.25, 0.3) is 0 Å². The van der Waals surface area contributed by atoms with E-state index in [0.29, 0.717) is 6.04 Å². The summed E-state index contributed by atoms with van der Waals surface area (Å²) in [5.74, 6) is 1.02. The Kier molecular flexibility index (Phi) is 5.55. The lowest BCUT2D eigenvalue weighted by Gasteiger charge is -2.43. The fraction of sp³-hybridized carbons (Fsp3) is 0.944. The van der Waals surface area contributed by atoms with E-state index in [2.05, 4.69) is 53.0 Å². The molecule has 136 valence electrons. The molecule has 2 heterocycles. The maximum atomic E-state index is 4.38. The fourth-order valence-corrected chi connectivity index (χ4v) is 4.34. The number of rotatable bonds is 4. The van der Waals surface area contributed by atoms with E-state index in [1.54, 1.807) is 0 Å². The third-order valence-electron chi connectivity index (χ3n) is 5.69. The van der Waals surface area contributed by atoms with Crippen LogP contribution in [0.15, 0.2) is 0 Å². The molecule has 2 aliphatic rings. The molecule has 2 fully saturated rings. The SMILES string of the molecule is CC[C@@H](c1nnnn1C(C)(C)C)N1CCN(C2CCCCC2)CC1. The van der Waals surface area contributed by atoms with Crippen molar-refractivity contribution in [3.63, 3.8) is 0 Å². The molecule has 24 heavy (non-hydrogen) atoms. The van der Waals surface area contributed by atoms with Crippen LogP contribution >= 0.6 is 0 Å². The molecule has 0 N–H and O–H groups in total. The largest absolute Gasteiger partial charge is 0.298 e. The average Bonchev–Trinajstić information content (AvgIpc) is 3.07. The summed E-state index contributed by atoms with van der Waals surface area (Å²) < 4.78 is 2.01. The summed E-state index contributed by atoms with van der Waals surface area (Å²) in [6.07, 6.45) is 8.13. The van der Waals surface area contributed by atoms with Crippen molar-refractivity contribution in [2.75, 3.05) is 26.2 Å². The van der Waals surface area contributed by atoms with E-state index in [-0.39, 0.29) is 5.54 Å². The van der Waals surface area contributed by atoms with Gasteiger partial charge in [-0.1, -0.05) is 26.2 Å². The lowest BCUT2D eigenvalue weighted by atomic mass is 9.93. The quantitative estimate of drug-likeness (QED) is 0.847. The second-order valence-corrected chi connectivity index (χ2v) is 8.41. The zero-order valence-electron chi connectivity index (χ0n) is 15.9. The van der Waals surface area contributed by atoms with Gasteiger partial charge in [-0.25, -0.2) is 4.68 Å². The third kappa shape index (κ3) is 3.80. The molecule has 0 unspecified atom stereocenters. The van der Waals surface area contributed by atoms with E-state index in [9.17, 15) is 0 Å². The molecule has 1 saturated carbocycles. The highest BCUT2D eigenvalue weighted by Gasteiger charge is 2.32. The molecule has 3 rings (SSSR count). The standard InChI is InChI=1S/C18H34N6/c1-5-16(17-19-20-21-24(17)18(2,3)4)23-13-11-22(12-14-23)15-9-7-6-8-10-15/h15-16H,5-14H2,1-4H3/t16-/m0/s1. The maximum absolute atomic E-state index is 4.38. The Hall–Kier alpha value is -1.01. The molecule has 0 radical (unpaired) electrons. The Morgan fingerprint density at radius 1 is 1.04 bits per heavy atom. The Balaban J connectivity index is 1.65. The number of hydrogen-bond donors (Lipinski definition) is 0. The van der Waals surface area contributed by atoms with Gasteiger partial charge in [-0.2, -0.15) is 0 Å². The second-order valence-electron chi connectivity index (χ2n) is 8.41. The van der Waals surface area contributed by atoms with Crippen molar-refractivity contribution in [2.24, 2.45) is 0 Å². The number of tetrazole rings is 1. The van der Waals surface area contributed by atoms with Crippen LogP contribution in [-0.2, 0) is 5.54 Å². The molecule has 0 amide bonds.